The van der Waals surface area contributed by atoms with Gasteiger partial charge in [0, 0.05) is 18.3 Å². The maximum absolute atomic E-state index is 13.2. The topological polar surface area (TPSA) is 74.2 Å². The molecule has 0 radical (unpaired) electrons. The Kier molecular flexibility index (Phi) is 2.98. The molecule has 0 aliphatic rings. The number of aromatic nitrogens is 1. The third kappa shape index (κ3) is 2.69. The second kappa shape index (κ2) is 3.89. The van der Waals surface area contributed by atoms with Crippen molar-refractivity contribution in [2.45, 2.75) is 12.9 Å². The Labute approximate surface area is 81.8 Å². The van der Waals surface area contributed by atoms with Crippen LogP contribution in [0, 0.1) is 5.82 Å². The van der Waals surface area contributed by atoms with Gasteiger partial charge < -0.3 is 16.2 Å². The first-order valence-electron chi connectivity index (χ1n) is 3.74. The van der Waals surface area contributed by atoms with E-state index >= 15 is 0 Å². The van der Waals surface area contributed by atoms with Crippen molar-refractivity contribution in [3.63, 3.8) is 0 Å². The van der Waals surface area contributed by atoms with Crippen LogP contribution in [0.15, 0.2) is 6.20 Å². The van der Waals surface area contributed by atoms with Crippen LogP contribution in [-0.2, 0) is 6.54 Å². The molecule has 0 unspecified atom stereocenters. The summed E-state index contributed by atoms with van der Waals surface area (Å²) in [7, 11) is 0. The normalized spacial score (nSPS) is 11.5. The van der Waals surface area contributed by atoms with Crippen LogP contribution < -0.4 is 16.2 Å². The molecule has 0 atom stereocenters. The van der Waals surface area contributed by atoms with E-state index in [-0.39, 0.29) is 12.1 Å². The van der Waals surface area contributed by atoms with Gasteiger partial charge in [0.05, 0.1) is 0 Å². The van der Waals surface area contributed by atoms with Crippen LogP contribution in [0.5, 0.6) is 5.75 Å². The molecule has 84 valence electrons. The minimum absolute atomic E-state index is 0.205. The van der Waals surface area contributed by atoms with Gasteiger partial charge >= 0.3 is 6.36 Å². The number of nitrogens with two attached hydrogens (primary N) is 2. The van der Waals surface area contributed by atoms with Crippen LogP contribution >= 0.6 is 0 Å². The number of pyridine rings is 1. The fourth-order valence-electron chi connectivity index (χ4n) is 0.876. The molecule has 0 aliphatic carbocycles. The van der Waals surface area contributed by atoms with E-state index in [1.807, 2.05) is 0 Å². The lowest BCUT2D eigenvalue weighted by Crippen LogP contribution is -2.20. The van der Waals surface area contributed by atoms with E-state index in [4.69, 9.17) is 11.5 Å². The molecule has 0 spiro atoms. The van der Waals surface area contributed by atoms with Gasteiger partial charge in [-0.25, -0.2) is 9.37 Å². The molecule has 1 aromatic rings. The Bertz CT molecular complexity index is 366. The monoisotopic (exact) mass is 225 g/mol. The van der Waals surface area contributed by atoms with Crippen LogP contribution in [0.25, 0.3) is 0 Å². The van der Waals surface area contributed by atoms with Crippen molar-refractivity contribution in [1.82, 2.24) is 4.98 Å². The van der Waals surface area contributed by atoms with Gasteiger partial charge in [-0.15, -0.1) is 13.2 Å². The van der Waals surface area contributed by atoms with Crippen LogP contribution in [0.2, 0.25) is 0 Å². The maximum atomic E-state index is 13.2. The Morgan fingerprint density at radius 2 is 2.00 bits per heavy atom. The number of anilines is 1. The minimum Gasteiger partial charge on any atom is -0.399 e. The molecule has 8 heteroatoms. The molecular weight excluding hydrogens is 218 g/mol. The van der Waals surface area contributed by atoms with Gasteiger partial charge in [0.25, 0.3) is 0 Å². The molecule has 1 rings (SSSR count). The van der Waals surface area contributed by atoms with Gasteiger partial charge in [-0.2, -0.15) is 0 Å². The lowest BCUT2D eigenvalue weighted by Gasteiger charge is -2.12. The molecule has 0 amide bonds. The Morgan fingerprint density at radius 3 is 2.47 bits per heavy atom. The molecule has 0 saturated carbocycles. The number of rotatable bonds is 2. The number of alkyl halides is 3. The van der Waals surface area contributed by atoms with Crippen molar-refractivity contribution in [3.8, 4) is 5.75 Å². The van der Waals surface area contributed by atoms with Crippen LogP contribution in [-0.4, -0.2) is 11.3 Å². The van der Waals surface area contributed by atoms with Crippen molar-refractivity contribution in [2.24, 2.45) is 5.73 Å². The van der Waals surface area contributed by atoms with Gasteiger partial charge in [-0.1, -0.05) is 0 Å². The first kappa shape index (κ1) is 11.5. The largest absolute Gasteiger partial charge is 0.573 e. The first-order chi connectivity index (χ1) is 6.85. The lowest BCUT2D eigenvalue weighted by molar-refractivity contribution is -0.275. The van der Waals surface area contributed by atoms with Crippen molar-refractivity contribution in [2.75, 3.05) is 5.73 Å². The highest BCUT2D eigenvalue weighted by atomic mass is 19.4. The third-order valence-corrected chi connectivity index (χ3v) is 1.51. The van der Waals surface area contributed by atoms with Crippen LogP contribution in [0.3, 0.4) is 0 Å². The van der Waals surface area contributed by atoms with Crippen molar-refractivity contribution in [1.29, 1.82) is 0 Å². The van der Waals surface area contributed by atoms with Gasteiger partial charge in [0.2, 0.25) is 5.75 Å². The van der Waals surface area contributed by atoms with Gasteiger partial charge in [-0.3, -0.25) is 0 Å². The molecule has 15 heavy (non-hydrogen) atoms. The average molecular weight is 225 g/mol. The highest BCUT2D eigenvalue weighted by Gasteiger charge is 2.34. The summed E-state index contributed by atoms with van der Waals surface area (Å²) < 4.78 is 52.1. The number of hydrogen-bond donors (Lipinski definition) is 2. The van der Waals surface area contributed by atoms with Gasteiger partial charge in [0.15, 0.2) is 11.6 Å². The van der Waals surface area contributed by atoms with E-state index in [1.54, 1.807) is 0 Å². The fourth-order valence-corrected chi connectivity index (χ4v) is 0.876. The molecule has 0 bridgehead atoms. The molecule has 4 nitrogen and oxygen atoms in total. The van der Waals surface area contributed by atoms with E-state index in [2.05, 4.69) is 9.72 Å². The minimum atomic E-state index is -5.02. The van der Waals surface area contributed by atoms with Crippen LogP contribution in [0.4, 0.5) is 23.4 Å². The summed E-state index contributed by atoms with van der Waals surface area (Å²) in [4.78, 5) is 3.33. The van der Waals surface area contributed by atoms with Gasteiger partial charge in [-0.05, 0) is 0 Å². The molecule has 0 aromatic carbocycles. The van der Waals surface area contributed by atoms with Gasteiger partial charge in [0.1, 0.15) is 0 Å². The average Bonchev–Trinajstić information content (AvgIpc) is 2.11. The van der Waals surface area contributed by atoms with E-state index in [9.17, 15) is 17.6 Å². The number of hydrogen-bond acceptors (Lipinski definition) is 4. The zero-order valence-corrected chi connectivity index (χ0v) is 7.31. The van der Waals surface area contributed by atoms with E-state index in [0.717, 1.165) is 6.20 Å². The lowest BCUT2D eigenvalue weighted by atomic mass is 10.2. The van der Waals surface area contributed by atoms with Crippen molar-refractivity contribution >= 4 is 5.82 Å². The van der Waals surface area contributed by atoms with E-state index in [1.165, 1.54) is 0 Å². The van der Waals surface area contributed by atoms with E-state index < -0.39 is 23.7 Å². The Hall–Kier alpha value is -1.57. The summed E-state index contributed by atoms with van der Waals surface area (Å²) in [6.45, 7) is -0.298. The zero-order chi connectivity index (χ0) is 11.6. The molecule has 1 aromatic heterocycles. The smallest absolute Gasteiger partial charge is 0.399 e. The predicted molar refractivity (Wildman–Crippen MR) is 43.2 cm³/mol. The summed E-state index contributed by atoms with van der Waals surface area (Å²) in [6.07, 6.45) is -4.07. The fraction of sp³-hybridized carbons (Fsp3) is 0.286. The number of halogens is 4. The quantitative estimate of drug-likeness (QED) is 0.740. The molecular formula is C7H7F4N3O. The maximum Gasteiger partial charge on any atom is 0.573 e. The summed E-state index contributed by atoms with van der Waals surface area (Å²) in [5.74, 6) is -3.07. The summed E-state index contributed by atoms with van der Waals surface area (Å²) in [5, 5.41) is 0. The highest BCUT2D eigenvalue weighted by Crippen LogP contribution is 2.31. The van der Waals surface area contributed by atoms with Crippen molar-refractivity contribution in [3.05, 3.63) is 17.6 Å². The second-order valence-corrected chi connectivity index (χ2v) is 2.56. The molecule has 0 fully saturated rings. The first-order valence-corrected chi connectivity index (χ1v) is 3.74. The number of nitrogen functional groups attached to an aromatic ring is 1. The number of nitrogens with zero attached hydrogens (tertiary/aromatic N) is 1. The molecule has 4 N–H and O–H groups in total. The van der Waals surface area contributed by atoms with E-state index in [0.29, 0.717) is 0 Å². The van der Waals surface area contributed by atoms with Crippen LogP contribution in [0.1, 0.15) is 5.56 Å². The third-order valence-electron chi connectivity index (χ3n) is 1.51. The summed E-state index contributed by atoms with van der Waals surface area (Å²) in [6, 6.07) is 0. The number of ether oxygens (including phenoxy) is 1. The summed E-state index contributed by atoms with van der Waals surface area (Å²) >= 11 is 0. The second-order valence-electron chi connectivity index (χ2n) is 2.56. The zero-order valence-electron chi connectivity index (χ0n) is 7.31. The Balaban J connectivity index is 3.15. The molecule has 1 heterocycles. The summed E-state index contributed by atoms with van der Waals surface area (Å²) in [5.41, 5.74) is 9.91. The van der Waals surface area contributed by atoms with Crippen molar-refractivity contribution < 1.29 is 22.3 Å². The molecule has 0 aliphatic heterocycles. The predicted octanol–water partition coefficient (Wildman–Crippen LogP) is 1.16. The standard InChI is InChI=1S/C7H7F4N3O/c8-4-3(1-12)2-14-6(13)5(4)15-7(9,10)11/h2H,1,12H2,(H2,13,14). The highest BCUT2D eigenvalue weighted by molar-refractivity contribution is 5.48. The Morgan fingerprint density at radius 1 is 1.40 bits per heavy atom. The molecule has 0 saturated heterocycles. The SMILES string of the molecule is NCc1cnc(N)c(OC(F)(F)F)c1F.